The molecule has 1 heterocycles. The molecule has 0 spiro atoms. The molecule has 0 aliphatic heterocycles. The quantitative estimate of drug-likeness (QED) is 0.672. The van der Waals surface area contributed by atoms with Crippen molar-refractivity contribution < 1.29 is 4.74 Å². The molecule has 0 amide bonds. The Morgan fingerprint density at radius 2 is 1.95 bits per heavy atom. The SMILES string of the molecule is COc1ccccc1-c1nc(C(C)(C)C)c(C(=N)N)s1. The number of aromatic nitrogens is 1. The summed E-state index contributed by atoms with van der Waals surface area (Å²) >= 11 is 1.44. The third-order valence-electron chi connectivity index (χ3n) is 2.92. The minimum absolute atomic E-state index is 0.0635. The Morgan fingerprint density at radius 1 is 1.30 bits per heavy atom. The molecule has 0 aliphatic rings. The zero-order valence-corrected chi connectivity index (χ0v) is 13.0. The first-order chi connectivity index (χ1) is 9.34. The van der Waals surface area contributed by atoms with E-state index in [1.165, 1.54) is 11.3 Å². The van der Waals surface area contributed by atoms with Gasteiger partial charge in [0.25, 0.3) is 0 Å². The van der Waals surface area contributed by atoms with Gasteiger partial charge in [-0.1, -0.05) is 32.9 Å². The minimum atomic E-state index is -0.155. The summed E-state index contributed by atoms with van der Waals surface area (Å²) < 4.78 is 5.38. The summed E-state index contributed by atoms with van der Waals surface area (Å²) in [5.74, 6) is 0.838. The summed E-state index contributed by atoms with van der Waals surface area (Å²) in [6.07, 6.45) is 0. The van der Waals surface area contributed by atoms with E-state index in [4.69, 9.17) is 20.9 Å². The van der Waals surface area contributed by atoms with Crippen LogP contribution in [0.1, 0.15) is 31.3 Å². The van der Waals surface area contributed by atoms with Crippen LogP contribution in [0.15, 0.2) is 24.3 Å². The number of hydrogen-bond donors (Lipinski definition) is 2. The number of nitrogens with two attached hydrogens (primary N) is 1. The summed E-state index contributed by atoms with van der Waals surface area (Å²) in [5.41, 5.74) is 7.33. The van der Waals surface area contributed by atoms with Crippen LogP contribution < -0.4 is 10.5 Å². The lowest BCUT2D eigenvalue weighted by Gasteiger charge is -2.16. The molecule has 0 radical (unpaired) electrons. The van der Waals surface area contributed by atoms with E-state index in [9.17, 15) is 0 Å². The number of rotatable bonds is 3. The number of thiazole rings is 1. The van der Waals surface area contributed by atoms with Gasteiger partial charge < -0.3 is 10.5 Å². The monoisotopic (exact) mass is 289 g/mol. The average molecular weight is 289 g/mol. The van der Waals surface area contributed by atoms with Gasteiger partial charge in [-0.3, -0.25) is 5.41 Å². The zero-order valence-electron chi connectivity index (χ0n) is 12.2. The molecule has 0 atom stereocenters. The topological polar surface area (TPSA) is 72.0 Å². The first-order valence-corrected chi connectivity index (χ1v) is 7.15. The van der Waals surface area contributed by atoms with Crippen LogP contribution in [-0.2, 0) is 5.41 Å². The lowest BCUT2D eigenvalue weighted by Crippen LogP contribution is -2.19. The summed E-state index contributed by atoms with van der Waals surface area (Å²) in [4.78, 5) is 5.43. The number of nitrogens with zero attached hydrogens (tertiary/aromatic N) is 1. The maximum Gasteiger partial charge on any atom is 0.135 e. The fraction of sp³-hybridized carbons (Fsp3) is 0.333. The van der Waals surface area contributed by atoms with Crippen molar-refractivity contribution in [1.29, 1.82) is 5.41 Å². The van der Waals surface area contributed by atoms with Gasteiger partial charge >= 0.3 is 0 Å². The second-order valence-corrected chi connectivity index (χ2v) is 6.56. The third-order valence-corrected chi connectivity index (χ3v) is 4.04. The highest BCUT2D eigenvalue weighted by atomic mass is 32.1. The van der Waals surface area contributed by atoms with E-state index in [0.29, 0.717) is 0 Å². The van der Waals surface area contributed by atoms with Gasteiger partial charge in [0.1, 0.15) is 16.6 Å². The molecule has 0 bridgehead atoms. The Bertz CT molecular complexity index is 641. The van der Waals surface area contributed by atoms with Gasteiger partial charge in [0, 0.05) is 5.41 Å². The second-order valence-electron chi connectivity index (χ2n) is 5.56. The largest absolute Gasteiger partial charge is 0.496 e. The number of methoxy groups -OCH3 is 1. The van der Waals surface area contributed by atoms with Crippen molar-refractivity contribution in [3.63, 3.8) is 0 Å². The summed E-state index contributed by atoms with van der Waals surface area (Å²) in [6.45, 7) is 6.21. The lowest BCUT2D eigenvalue weighted by molar-refractivity contribution is 0.416. The second kappa shape index (κ2) is 5.25. The number of ether oxygens (including phenoxy) is 1. The van der Waals surface area contributed by atoms with Crippen LogP contribution in [0.25, 0.3) is 10.6 Å². The Balaban J connectivity index is 2.62. The highest BCUT2D eigenvalue weighted by molar-refractivity contribution is 7.17. The Morgan fingerprint density at radius 3 is 2.45 bits per heavy atom. The van der Waals surface area contributed by atoms with Gasteiger partial charge in [-0.25, -0.2) is 4.98 Å². The normalized spacial score (nSPS) is 11.4. The number of hydrogen-bond acceptors (Lipinski definition) is 4. The number of nitrogen functional groups attached to an aromatic ring is 1. The van der Waals surface area contributed by atoms with Crippen molar-refractivity contribution in [1.82, 2.24) is 4.98 Å². The molecule has 4 nitrogen and oxygen atoms in total. The van der Waals surface area contributed by atoms with Crippen LogP contribution >= 0.6 is 11.3 Å². The fourth-order valence-corrected chi connectivity index (χ4v) is 3.11. The first-order valence-electron chi connectivity index (χ1n) is 6.33. The van der Waals surface area contributed by atoms with Crippen LogP contribution in [0, 0.1) is 5.41 Å². The molecule has 1 aromatic carbocycles. The predicted octanol–water partition coefficient (Wildman–Crippen LogP) is 3.40. The Kier molecular flexibility index (Phi) is 3.81. The van der Waals surface area contributed by atoms with E-state index in [0.717, 1.165) is 26.9 Å². The molecule has 2 aromatic rings. The Hall–Kier alpha value is -1.88. The maximum absolute atomic E-state index is 7.75. The molecule has 2 rings (SSSR count). The van der Waals surface area contributed by atoms with Crippen molar-refractivity contribution in [2.24, 2.45) is 5.73 Å². The number of nitrogens with one attached hydrogen (secondary N) is 1. The summed E-state index contributed by atoms with van der Waals surface area (Å²) in [6, 6.07) is 7.74. The van der Waals surface area contributed by atoms with Crippen LogP contribution in [0.5, 0.6) is 5.75 Å². The maximum atomic E-state index is 7.75. The fourth-order valence-electron chi connectivity index (χ4n) is 1.95. The summed E-state index contributed by atoms with van der Waals surface area (Å²) in [5, 5.41) is 8.58. The van der Waals surface area contributed by atoms with E-state index < -0.39 is 0 Å². The molecule has 3 N–H and O–H groups in total. The molecule has 1 aromatic heterocycles. The molecule has 106 valence electrons. The van der Waals surface area contributed by atoms with Crippen LogP contribution in [0.3, 0.4) is 0 Å². The van der Waals surface area contributed by atoms with Gasteiger partial charge in [0.2, 0.25) is 0 Å². The zero-order chi connectivity index (χ0) is 14.9. The molecular formula is C15H19N3OS. The first kappa shape index (κ1) is 14.5. The van der Waals surface area contributed by atoms with E-state index in [2.05, 4.69) is 20.8 Å². The molecule has 0 saturated carbocycles. The average Bonchev–Trinajstić information content (AvgIpc) is 2.83. The molecule has 5 heteroatoms. The molecule has 0 saturated heterocycles. The van der Waals surface area contributed by atoms with Gasteiger partial charge in [0.15, 0.2) is 0 Å². The molecule has 0 aliphatic carbocycles. The van der Waals surface area contributed by atoms with Crippen LogP contribution in [-0.4, -0.2) is 17.9 Å². The van der Waals surface area contributed by atoms with Gasteiger partial charge in [-0.2, -0.15) is 0 Å². The van der Waals surface area contributed by atoms with Crippen molar-refractivity contribution in [2.45, 2.75) is 26.2 Å². The molecule has 0 fully saturated rings. The molecular weight excluding hydrogens is 270 g/mol. The number of amidine groups is 1. The van der Waals surface area contributed by atoms with Gasteiger partial charge in [0.05, 0.1) is 23.2 Å². The Labute approximate surface area is 123 Å². The van der Waals surface area contributed by atoms with Crippen molar-refractivity contribution in [2.75, 3.05) is 7.11 Å². The number of para-hydroxylation sites is 1. The van der Waals surface area contributed by atoms with E-state index in [-0.39, 0.29) is 11.3 Å². The van der Waals surface area contributed by atoms with Gasteiger partial charge in [-0.15, -0.1) is 11.3 Å². The molecule has 0 unspecified atom stereocenters. The van der Waals surface area contributed by atoms with Crippen LogP contribution in [0.2, 0.25) is 0 Å². The minimum Gasteiger partial charge on any atom is -0.496 e. The molecule has 20 heavy (non-hydrogen) atoms. The van der Waals surface area contributed by atoms with Crippen molar-refractivity contribution in [3.05, 3.63) is 34.8 Å². The van der Waals surface area contributed by atoms with Crippen LogP contribution in [0.4, 0.5) is 0 Å². The van der Waals surface area contributed by atoms with E-state index in [1.54, 1.807) is 7.11 Å². The highest BCUT2D eigenvalue weighted by Crippen LogP contribution is 2.37. The van der Waals surface area contributed by atoms with E-state index >= 15 is 0 Å². The number of benzene rings is 1. The third kappa shape index (κ3) is 2.67. The summed E-state index contributed by atoms with van der Waals surface area (Å²) in [7, 11) is 1.64. The van der Waals surface area contributed by atoms with Gasteiger partial charge in [-0.05, 0) is 12.1 Å². The van der Waals surface area contributed by atoms with Crippen molar-refractivity contribution >= 4 is 17.2 Å². The lowest BCUT2D eigenvalue weighted by atomic mass is 9.91. The predicted molar refractivity (Wildman–Crippen MR) is 83.8 cm³/mol. The standard InChI is InChI=1S/C15H19N3OS/c1-15(2,3)12-11(13(16)17)20-14(18-12)9-7-5-6-8-10(9)19-4/h5-8H,1-4H3,(H3,16,17). The highest BCUT2D eigenvalue weighted by Gasteiger charge is 2.25. The van der Waals surface area contributed by atoms with E-state index in [1.807, 2.05) is 24.3 Å². The smallest absolute Gasteiger partial charge is 0.135 e. The van der Waals surface area contributed by atoms with Crippen molar-refractivity contribution in [3.8, 4) is 16.3 Å².